The average molecular weight is 271 g/mol. The van der Waals surface area contributed by atoms with Crippen molar-refractivity contribution in [2.75, 3.05) is 12.4 Å². The molecule has 1 heterocycles. The van der Waals surface area contributed by atoms with Gasteiger partial charge in [0.05, 0.1) is 5.56 Å². The van der Waals surface area contributed by atoms with E-state index in [9.17, 15) is 0 Å². The molecule has 0 spiro atoms. The first-order valence-corrected chi connectivity index (χ1v) is 6.92. The van der Waals surface area contributed by atoms with E-state index >= 15 is 0 Å². The van der Waals surface area contributed by atoms with Crippen LogP contribution >= 0.6 is 0 Å². The lowest BCUT2D eigenvalue weighted by molar-refractivity contribution is 0.457. The molecule has 1 aromatic carbocycles. The Morgan fingerprint density at radius 1 is 1.20 bits per heavy atom. The van der Waals surface area contributed by atoms with Gasteiger partial charge in [0, 0.05) is 7.05 Å². The molecule has 0 saturated heterocycles. The Morgan fingerprint density at radius 3 is 2.50 bits per heavy atom. The highest BCUT2D eigenvalue weighted by Gasteiger charge is 2.08. The van der Waals surface area contributed by atoms with Gasteiger partial charge >= 0.3 is 0 Å². The molecule has 2 rings (SSSR count). The lowest BCUT2D eigenvalue weighted by atomic mass is 9.99. The molecule has 1 atom stereocenters. The first-order chi connectivity index (χ1) is 9.65. The normalized spacial score (nSPS) is 12.0. The highest BCUT2D eigenvalue weighted by atomic mass is 16.5. The number of nitrogens with one attached hydrogen (secondary N) is 1. The summed E-state index contributed by atoms with van der Waals surface area (Å²) in [4.78, 5) is 8.33. The molecule has 4 nitrogen and oxygen atoms in total. The van der Waals surface area contributed by atoms with Crippen molar-refractivity contribution in [2.24, 2.45) is 0 Å². The van der Waals surface area contributed by atoms with Gasteiger partial charge in [0.1, 0.15) is 17.9 Å². The van der Waals surface area contributed by atoms with Crippen LogP contribution in [0.3, 0.4) is 0 Å². The molecule has 1 aromatic heterocycles. The molecule has 0 fully saturated rings. The van der Waals surface area contributed by atoms with Crippen molar-refractivity contribution >= 4 is 5.82 Å². The van der Waals surface area contributed by atoms with E-state index in [4.69, 9.17) is 4.74 Å². The van der Waals surface area contributed by atoms with Crippen molar-refractivity contribution in [3.63, 3.8) is 0 Å². The van der Waals surface area contributed by atoms with Gasteiger partial charge in [0.2, 0.25) is 5.88 Å². The molecule has 1 unspecified atom stereocenters. The number of hydrogen-bond acceptors (Lipinski definition) is 4. The van der Waals surface area contributed by atoms with Gasteiger partial charge in [-0.2, -0.15) is 0 Å². The molecule has 20 heavy (non-hydrogen) atoms. The number of nitrogens with zero attached hydrogens (tertiary/aromatic N) is 2. The average Bonchev–Trinajstić information content (AvgIpc) is 2.49. The maximum atomic E-state index is 5.83. The van der Waals surface area contributed by atoms with Crippen LogP contribution < -0.4 is 10.1 Å². The predicted octanol–water partition coefficient (Wildman–Crippen LogP) is 4.13. The Balaban J connectivity index is 2.18. The standard InChI is InChI=1S/C16H21N3O/c1-5-11(2)13-6-8-14(9-7-13)20-16-12(3)15(17-4)18-10-19-16/h6-11H,5H2,1-4H3,(H,17,18,19). The number of ether oxygens (including phenoxy) is 1. The van der Waals surface area contributed by atoms with E-state index < -0.39 is 0 Å². The lowest BCUT2D eigenvalue weighted by Crippen LogP contribution is -2.00. The number of rotatable bonds is 5. The predicted molar refractivity (Wildman–Crippen MR) is 81.5 cm³/mol. The van der Waals surface area contributed by atoms with Crippen molar-refractivity contribution < 1.29 is 4.74 Å². The first-order valence-electron chi connectivity index (χ1n) is 6.92. The van der Waals surface area contributed by atoms with Gasteiger partial charge in [-0.25, -0.2) is 9.97 Å². The van der Waals surface area contributed by atoms with Crippen LogP contribution in [0.4, 0.5) is 5.82 Å². The molecule has 0 aliphatic carbocycles. The van der Waals surface area contributed by atoms with E-state index in [1.54, 1.807) is 0 Å². The minimum Gasteiger partial charge on any atom is -0.439 e. The zero-order valence-electron chi connectivity index (χ0n) is 12.5. The molecular formula is C16H21N3O. The maximum Gasteiger partial charge on any atom is 0.227 e. The van der Waals surface area contributed by atoms with Crippen LogP contribution in [0.5, 0.6) is 11.6 Å². The van der Waals surface area contributed by atoms with Crippen LogP contribution in [0, 0.1) is 6.92 Å². The second-order valence-corrected chi connectivity index (χ2v) is 4.88. The van der Waals surface area contributed by atoms with Crippen LogP contribution in [0.1, 0.15) is 37.3 Å². The third-order valence-corrected chi connectivity index (χ3v) is 3.55. The Labute approximate surface area is 120 Å². The summed E-state index contributed by atoms with van der Waals surface area (Å²) in [5, 5.41) is 3.02. The smallest absolute Gasteiger partial charge is 0.227 e. The van der Waals surface area contributed by atoms with Crippen molar-refractivity contribution in [3.05, 3.63) is 41.7 Å². The van der Waals surface area contributed by atoms with E-state index in [1.807, 2.05) is 26.1 Å². The van der Waals surface area contributed by atoms with Gasteiger partial charge in [-0.15, -0.1) is 0 Å². The monoisotopic (exact) mass is 271 g/mol. The molecule has 0 aliphatic heterocycles. The van der Waals surface area contributed by atoms with Crippen molar-refractivity contribution in [2.45, 2.75) is 33.1 Å². The fourth-order valence-corrected chi connectivity index (χ4v) is 2.00. The number of hydrogen-bond donors (Lipinski definition) is 1. The van der Waals surface area contributed by atoms with Gasteiger partial charge in [-0.1, -0.05) is 26.0 Å². The maximum absolute atomic E-state index is 5.83. The summed E-state index contributed by atoms with van der Waals surface area (Å²) < 4.78 is 5.83. The van der Waals surface area contributed by atoms with E-state index in [1.165, 1.54) is 11.9 Å². The molecule has 2 aromatic rings. The summed E-state index contributed by atoms with van der Waals surface area (Å²) in [6, 6.07) is 8.20. The van der Waals surface area contributed by atoms with Crippen molar-refractivity contribution in [1.82, 2.24) is 9.97 Å². The van der Waals surface area contributed by atoms with Crippen LogP contribution in [-0.4, -0.2) is 17.0 Å². The first kappa shape index (κ1) is 14.3. The summed E-state index contributed by atoms with van der Waals surface area (Å²) in [6.45, 7) is 6.36. The summed E-state index contributed by atoms with van der Waals surface area (Å²) >= 11 is 0. The zero-order chi connectivity index (χ0) is 14.5. The molecule has 0 amide bonds. The Kier molecular flexibility index (Phi) is 4.56. The van der Waals surface area contributed by atoms with Crippen molar-refractivity contribution in [3.8, 4) is 11.6 Å². The minimum absolute atomic E-state index is 0.570. The number of benzene rings is 1. The van der Waals surface area contributed by atoms with Crippen LogP contribution in [0.2, 0.25) is 0 Å². The minimum atomic E-state index is 0.570. The van der Waals surface area contributed by atoms with Crippen LogP contribution in [0.15, 0.2) is 30.6 Å². The van der Waals surface area contributed by atoms with E-state index in [0.29, 0.717) is 11.8 Å². The largest absolute Gasteiger partial charge is 0.439 e. The van der Waals surface area contributed by atoms with Gasteiger partial charge in [-0.05, 0) is 37.0 Å². The second kappa shape index (κ2) is 6.37. The molecular weight excluding hydrogens is 250 g/mol. The van der Waals surface area contributed by atoms with E-state index in [-0.39, 0.29) is 0 Å². The molecule has 4 heteroatoms. The molecule has 106 valence electrons. The third kappa shape index (κ3) is 3.07. The van der Waals surface area contributed by atoms with Gasteiger partial charge in [0.25, 0.3) is 0 Å². The van der Waals surface area contributed by atoms with Crippen LogP contribution in [-0.2, 0) is 0 Å². The van der Waals surface area contributed by atoms with Gasteiger partial charge in [0.15, 0.2) is 0 Å². The molecule has 1 N–H and O–H groups in total. The third-order valence-electron chi connectivity index (χ3n) is 3.55. The summed E-state index contributed by atoms with van der Waals surface area (Å²) in [5.74, 6) is 2.73. The molecule has 0 aliphatic rings. The number of aromatic nitrogens is 2. The highest BCUT2D eigenvalue weighted by molar-refractivity contribution is 5.48. The fraction of sp³-hybridized carbons (Fsp3) is 0.375. The highest BCUT2D eigenvalue weighted by Crippen LogP contribution is 2.27. The fourth-order valence-electron chi connectivity index (χ4n) is 2.00. The quantitative estimate of drug-likeness (QED) is 0.888. The number of anilines is 1. The van der Waals surface area contributed by atoms with Crippen LogP contribution in [0.25, 0.3) is 0 Å². The van der Waals surface area contributed by atoms with Gasteiger partial charge < -0.3 is 10.1 Å². The second-order valence-electron chi connectivity index (χ2n) is 4.88. The zero-order valence-corrected chi connectivity index (χ0v) is 12.5. The molecule has 0 saturated carbocycles. The van der Waals surface area contributed by atoms with E-state index in [2.05, 4.69) is 41.3 Å². The summed E-state index contributed by atoms with van der Waals surface area (Å²) in [5.41, 5.74) is 2.23. The van der Waals surface area contributed by atoms with E-state index in [0.717, 1.165) is 23.6 Å². The Hall–Kier alpha value is -2.10. The summed E-state index contributed by atoms with van der Waals surface area (Å²) in [7, 11) is 1.83. The molecule has 0 bridgehead atoms. The van der Waals surface area contributed by atoms with Crippen molar-refractivity contribution in [1.29, 1.82) is 0 Å². The molecule has 0 radical (unpaired) electrons. The topological polar surface area (TPSA) is 47.0 Å². The Bertz CT molecular complexity index is 566. The SMILES string of the molecule is CCC(C)c1ccc(Oc2ncnc(NC)c2C)cc1. The summed E-state index contributed by atoms with van der Waals surface area (Å²) in [6.07, 6.45) is 2.64. The lowest BCUT2D eigenvalue weighted by Gasteiger charge is -2.12. The Morgan fingerprint density at radius 2 is 1.90 bits per heavy atom. The van der Waals surface area contributed by atoms with Gasteiger partial charge in [-0.3, -0.25) is 0 Å².